The molecule has 1 amide bonds. The highest BCUT2D eigenvalue weighted by Crippen LogP contribution is 2.22. The Bertz CT molecular complexity index is 581. The smallest absolute Gasteiger partial charge is 0.407 e. The standard InChI is InChI=1S/C15H20N2O5/c1-9(2)14(18)11-5-6-13(17(20)21)12(7-11)8-22-15(19)16-10(3)4/h5-7,9-10H,8H2,1-4H3,(H,16,19). The Balaban J connectivity index is 2.98. The molecule has 22 heavy (non-hydrogen) atoms. The number of amides is 1. The van der Waals surface area contributed by atoms with Crippen LogP contribution in [0.4, 0.5) is 10.5 Å². The minimum atomic E-state index is -0.662. The minimum absolute atomic E-state index is 0.101. The highest BCUT2D eigenvalue weighted by atomic mass is 16.6. The SMILES string of the molecule is CC(C)NC(=O)OCc1cc(C(=O)C(C)C)ccc1[N+](=O)[O-]. The van der Waals surface area contributed by atoms with E-state index >= 15 is 0 Å². The van der Waals surface area contributed by atoms with Crippen molar-refractivity contribution < 1.29 is 19.2 Å². The number of ketones is 1. The summed E-state index contributed by atoms with van der Waals surface area (Å²) >= 11 is 0. The second kappa shape index (κ2) is 7.53. The Kier molecular flexibility index (Phi) is 6.03. The fraction of sp³-hybridized carbons (Fsp3) is 0.467. The molecule has 7 nitrogen and oxygen atoms in total. The molecule has 0 heterocycles. The molecule has 0 radical (unpaired) electrons. The van der Waals surface area contributed by atoms with Gasteiger partial charge in [0.1, 0.15) is 6.61 Å². The number of nitro groups is 1. The quantitative estimate of drug-likeness (QED) is 0.494. The van der Waals surface area contributed by atoms with Crippen molar-refractivity contribution in [2.75, 3.05) is 0 Å². The Morgan fingerprint density at radius 1 is 1.27 bits per heavy atom. The first-order valence-corrected chi connectivity index (χ1v) is 6.97. The maximum Gasteiger partial charge on any atom is 0.407 e. The molecule has 120 valence electrons. The van der Waals surface area contributed by atoms with E-state index in [-0.39, 0.29) is 35.6 Å². The van der Waals surface area contributed by atoms with Gasteiger partial charge in [0.25, 0.3) is 5.69 Å². The summed E-state index contributed by atoms with van der Waals surface area (Å²) in [7, 11) is 0. The average Bonchev–Trinajstić information content (AvgIpc) is 2.42. The highest BCUT2D eigenvalue weighted by Gasteiger charge is 2.19. The van der Waals surface area contributed by atoms with E-state index in [9.17, 15) is 19.7 Å². The molecule has 1 N–H and O–H groups in total. The Hall–Kier alpha value is -2.44. The number of rotatable bonds is 6. The molecule has 0 unspecified atom stereocenters. The Morgan fingerprint density at radius 3 is 2.41 bits per heavy atom. The molecular formula is C15H20N2O5. The third-order valence-electron chi connectivity index (χ3n) is 2.85. The number of carbonyl (C=O) groups excluding carboxylic acids is 2. The molecule has 0 aliphatic rings. The van der Waals surface area contributed by atoms with E-state index in [0.717, 1.165) is 0 Å². The molecule has 1 rings (SSSR count). The molecule has 0 aromatic heterocycles. The molecule has 0 saturated heterocycles. The van der Waals surface area contributed by atoms with Gasteiger partial charge in [-0.25, -0.2) is 4.79 Å². The van der Waals surface area contributed by atoms with Gasteiger partial charge in [0.15, 0.2) is 5.78 Å². The van der Waals surface area contributed by atoms with Crippen LogP contribution in [-0.2, 0) is 11.3 Å². The van der Waals surface area contributed by atoms with Crippen LogP contribution in [0.2, 0.25) is 0 Å². The summed E-state index contributed by atoms with van der Waals surface area (Å²) in [5.74, 6) is -0.345. The number of nitrogens with one attached hydrogen (secondary N) is 1. The molecular weight excluding hydrogens is 288 g/mol. The monoisotopic (exact) mass is 308 g/mol. The van der Waals surface area contributed by atoms with E-state index in [1.165, 1.54) is 18.2 Å². The van der Waals surface area contributed by atoms with Gasteiger partial charge in [-0.05, 0) is 26.0 Å². The Labute approximate surface area is 128 Å². The number of nitrogens with zero attached hydrogens (tertiary/aromatic N) is 1. The minimum Gasteiger partial charge on any atom is -0.444 e. The van der Waals surface area contributed by atoms with Crippen LogP contribution in [0.3, 0.4) is 0 Å². The molecule has 1 aromatic rings. The zero-order valence-electron chi connectivity index (χ0n) is 13.1. The average molecular weight is 308 g/mol. The van der Waals surface area contributed by atoms with E-state index in [1.54, 1.807) is 27.7 Å². The summed E-state index contributed by atoms with van der Waals surface area (Å²) in [5, 5.41) is 13.5. The molecule has 0 spiro atoms. The lowest BCUT2D eigenvalue weighted by atomic mass is 9.99. The van der Waals surface area contributed by atoms with Crippen LogP contribution in [0.25, 0.3) is 0 Å². The third-order valence-corrected chi connectivity index (χ3v) is 2.85. The van der Waals surface area contributed by atoms with Crippen molar-refractivity contribution in [3.8, 4) is 0 Å². The first-order chi connectivity index (χ1) is 10.2. The van der Waals surface area contributed by atoms with Gasteiger partial charge in [0.2, 0.25) is 0 Å². The van der Waals surface area contributed by atoms with Crippen molar-refractivity contribution in [2.24, 2.45) is 5.92 Å². The second-order valence-electron chi connectivity index (χ2n) is 5.49. The maximum absolute atomic E-state index is 12.0. The van der Waals surface area contributed by atoms with Gasteiger partial charge in [0, 0.05) is 23.6 Å². The lowest BCUT2D eigenvalue weighted by Crippen LogP contribution is -2.30. The normalized spacial score (nSPS) is 10.6. The van der Waals surface area contributed by atoms with Crippen LogP contribution >= 0.6 is 0 Å². The molecule has 7 heteroatoms. The fourth-order valence-corrected chi connectivity index (χ4v) is 1.79. The summed E-state index contributed by atoms with van der Waals surface area (Å²) in [6.07, 6.45) is -0.662. The number of alkyl carbamates (subject to hydrolysis) is 1. The number of benzene rings is 1. The summed E-state index contributed by atoms with van der Waals surface area (Å²) in [4.78, 5) is 33.9. The largest absolute Gasteiger partial charge is 0.444 e. The predicted octanol–water partition coefficient (Wildman–Crippen LogP) is 3.07. The number of nitro benzene ring substituents is 1. The molecule has 0 aliphatic carbocycles. The summed E-state index contributed by atoms with van der Waals surface area (Å²) < 4.78 is 4.96. The second-order valence-corrected chi connectivity index (χ2v) is 5.49. The molecule has 0 atom stereocenters. The van der Waals surface area contributed by atoms with Gasteiger partial charge in [-0.15, -0.1) is 0 Å². The van der Waals surface area contributed by atoms with E-state index in [0.29, 0.717) is 5.56 Å². The van der Waals surface area contributed by atoms with E-state index < -0.39 is 11.0 Å². The van der Waals surface area contributed by atoms with Crippen molar-refractivity contribution >= 4 is 17.6 Å². The van der Waals surface area contributed by atoms with E-state index in [1.807, 2.05) is 0 Å². The van der Waals surface area contributed by atoms with Crippen molar-refractivity contribution in [3.63, 3.8) is 0 Å². The number of hydrogen-bond acceptors (Lipinski definition) is 5. The first kappa shape index (κ1) is 17.6. The zero-order chi connectivity index (χ0) is 16.9. The maximum atomic E-state index is 12.0. The van der Waals surface area contributed by atoms with Gasteiger partial charge in [0.05, 0.1) is 10.5 Å². The number of carbonyl (C=O) groups is 2. The first-order valence-electron chi connectivity index (χ1n) is 6.97. The summed E-state index contributed by atoms with van der Waals surface area (Å²) in [6.45, 7) is 6.76. The number of Topliss-reactive ketones (excluding diaryl/α,β-unsaturated/α-hetero) is 1. The molecule has 0 fully saturated rings. The van der Waals surface area contributed by atoms with Crippen LogP contribution in [0.5, 0.6) is 0 Å². The van der Waals surface area contributed by atoms with Crippen molar-refractivity contribution in [1.82, 2.24) is 5.32 Å². The van der Waals surface area contributed by atoms with Gasteiger partial charge < -0.3 is 10.1 Å². The third kappa shape index (κ3) is 4.83. The van der Waals surface area contributed by atoms with Gasteiger partial charge in [-0.1, -0.05) is 13.8 Å². The lowest BCUT2D eigenvalue weighted by molar-refractivity contribution is -0.385. The van der Waals surface area contributed by atoms with Crippen LogP contribution in [0, 0.1) is 16.0 Å². The van der Waals surface area contributed by atoms with E-state index in [4.69, 9.17) is 4.74 Å². The number of hydrogen-bond donors (Lipinski definition) is 1. The van der Waals surface area contributed by atoms with Gasteiger partial charge >= 0.3 is 6.09 Å². The summed E-state index contributed by atoms with van der Waals surface area (Å²) in [6, 6.07) is 3.98. The van der Waals surface area contributed by atoms with Crippen LogP contribution in [-0.4, -0.2) is 22.8 Å². The van der Waals surface area contributed by atoms with Crippen molar-refractivity contribution in [3.05, 3.63) is 39.4 Å². The van der Waals surface area contributed by atoms with Crippen molar-refractivity contribution in [1.29, 1.82) is 0 Å². The predicted molar refractivity (Wildman–Crippen MR) is 80.7 cm³/mol. The summed E-state index contributed by atoms with van der Waals surface area (Å²) in [5.41, 5.74) is 0.372. The Morgan fingerprint density at radius 2 is 1.91 bits per heavy atom. The topological polar surface area (TPSA) is 98.5 Å². The van der Waals surface area contributed by atoms with E-state index in [2.05, 4.69) is 5.32 Å². The number of ether oxygens (including phenoxy) is 1. The fourth-order valence-electron chi connectivity index (χ4n) is 1.79. The lowest BCUT2D eigenvalue weighted by Gasteiger charge is -2.11. The van der Waals surface area contributed by atoms with Crippen LogP contribution in [0.15, 0.2) is 18.2 Å². The van der Waals surface area contributed by atoms with Crippen LogP contribution in [0.1, 0.15) is 43.6 Å². The van der Waals surface area contributed by atoms with Crippen molar-refractivity contribution in [2.45, 2.75) is 40.3 Å². The molecule has 0 bridgehead atoms. The molecule has 0 aliphatic heterocycles. The zero-order valence-corrected chi connectivity index (χ0v) is 13.1. The van der Waals surface area contributed by atoms with Gasteiger partial charge in [-0.3, -0.25) is 14.9 Å². The van der Waals surface area contributed by atoms with Crippen LogP contribution < -0.4 is 5.32 Å². The highest BCUT2D eigenvalue weighted by molar-refractivity contribution is 5.97. The molecule has 0 saturated carbocycles. The van der Waals surface area contributed by atoms with Gasteiger partial charge in [-0.2, -0.15) is 0 Å². The molecule has 1 aromatic carbocycles.